The Morgan fingerprint density at radius 1 is 1.43 bits per heavy atom. The number of nitrogens with two attached hydrogens (primary N) is 1. The third-order valence-electron chi connectivity index (χ3n) is 3.32. The van der Waals surface area contributed by atoms with Gasteiger partial charge in [0.25, 0.3) is 0 Å². The number of rotatable bonds is 8. The van der Waals surface area contributed by atoms with Crippen molar-refractivity contribution in [3.05, 3.63) is 24.3 Å². The van der Waals surface area contributed by atoms with Crippen LogP contribution in [-0.4, -0.2) is 38.7 Å². The normalized spacial score (nSPS) is 22.0. The highest BCUT2D eigenvalue weighted by Crippen LogP contribution is 2.24. The van der Waals surface area contributed by atoms with Crippen LogP contribution in [0.3, 0.4) is 0 Å². The highest BCUT2D eigenvalue weighted by molar-refractivity contribution is 8.00. The van der Waals surface area contributed by atoms with E-state index in [1.54, 1.807) is 0 Å². The second kappa shape index (κ2) is 7.49. The van der Waals surface area contributed by atoms with Gasteiger partial charge in [0, 0.05) is 29.0 Å². The van der Waals surface area contributed by atoms with E-state index in [4.69, 9.17) is 10.5 Å². The van der Waals surface area contributed by atoms with Gasteiger partial charge in [0.15, 0.2) is 0 Å². The van der Waals surface area contributed by atoms with E-state index < -0.39 is 10.0 Å². The monoisotopic (exact) mass is 330 g/mol. The number of hydrogen-bond acceptors (Lipinski definition) is 5. The lowest BCUT2D eigenvalue weighted by molar-refractivity contribution is -0.00474. The van der Waals surface area contributed by atoms with Crippen molar-refractivity contribution in [3.8, 4) is 0 Å². The van der Waals surface area contributed by atoms with Gasteiger partial charge in [-0.3, -0.25) is 0 Å². The molecule has 3 N–H and O–H groups in total. The molecule has 0 spiro atoms. The molecule has 1 saturated carbocycles. The Labute approximate surface area is 130 Å². The lowest BCUT2D eigenvalue weighted by Gasteiger charge is -2.35. The number of hydrogen-bond donors (Lipinski definition) is 2. The third kappa shape index (κ3) is 5.50. The highest BCUT2D eigenvalue weighted by Gasteiger charge is 2.32. The van der Waals surface area contributed by atoms with Crippen LogP contribution in [0.2, 0.25) is 0 Å². The summed E-state index contributed by atoms with van der Waals surface area (Å²) in [7, 11) is -3.22. The van der Waals surface area contributed by atoms with Crippen LogP contribution in [0.15, 0.2) is 29.2 Å². The molecule has 118 valence electrons. The number of nitrogens with one attached hydrogen (secondary N) is 1. The van der Waals surface area contributed by atoms with Gasteiger partial charge in [0.05, 0.1) is 11.9 Å². The van der Waals surface area contributed by atoms with Crippen molar-refractivity contribution in [3.63, 3.8) is 0 Å². The number of ether oxygens (including phenoxy) is 1. The SMILES string of the molecule is CCOC1CC(NS(=O)(=O)CCSc2cccc(N)c2)C1. The Bertz CT molecular complexity index is 557. The molecule has 0 heterocycles. The molecule has 0 amide bonds. The topological polar surface area (TPSA) is 81.4 Å². The first-order valence-corrected chi connectivity index (χ1v) is 9.72. The minimum Gasteiger partial charge on any atom is -0.399 e. The molecule has 2 rings (SSSR count). The molecule has 0 atom stereocenters. The minimum absolute atomic E-state index is 0.0314. The van der Waals surface area contributed by atoms with Gasteiger partial charge in [-0.25, -0.2) is 13.1 Å². The molecule has 0 saturated heterocycles. The summed E-state index contributed by atoms with van der Waals surface area (Å²) in [5.41, 5.74) is 6.38. The molecule has 1 fully saturated rings. The second-order valence-electron chi connectivity index (χ2n) is 5.10. The zero-order chi connectivity index (χ0) is 15.3. The van der Waals surface area contributed by atoms with Crippen LogP contribution in [0.4, 0.5) is 5.69 Å². The first kappa shape index (κ1) is 16.6. The summed E-state index contributed by atoms with van der Waals surface area (Å²) >= 11 is 1.50. The van der Waals surface area contributed by atoms with E-state index in [1.807, 2.05) is 31.2 Å². The van der Waals surface area contributed by atoms with Crippen molar-refractivity contribution >= 4 is 27.5 Å². The van der Waals surface area contributed by atoms with Gasteiger partial charge >= 0.3 is 0 Å². The fraction of sp³-hybridized carbons (Fsp3) is 0.571. The zero-order valence-electron chi connectivity index (χ0n) is 12.1. The third-order valence-corrected chi connectivity index (χ3v) is 6.01. The maximum absolute atomic E-state index is 12.0. The van der Waals surface area contributed by atoms with Gasteiger partial charge < -0.3 is 10.5 Å². The molecule has 0 aliphatic heterocycles. The molecule has 0 bridgehead atoms. The summed E-state index contributed by atoms with van der Waals surface area (Å²) in [6, 6.07) is 7.49. The molecule has 21 heavy (non-hydrogen) atoms. The Morgan fingerprint density at radius 3 is 2.86 bits per heavy atom. The fourth-order valence-corrected chi connectivity index (χ4v) is 4.88. The van der Waals surface area contributed by atoms with Crippen LogP contribution >= 0.6 is 11.8 Å². The quantitative estimate of drug-likeness (QED) is 0.561. The number of benzene rings is 1. The summed E-state index contributed by atoms with van der Waals surface area (Å²) < 4.78 is 32.1. The molecule has 0 aromatic heterocycles. The molecule has 0 unspecified atom stereocenters. The molecule has 1 aliphatic rings. The summed E-state index contributed by atoms with van der Waals surface area (Å²) in [6.45, 7) is 2.63. The number of sulfonamides is 1. The molecule has 7 heteroatoms. The van der Waals surface area contributed by atoms with Gasteiger partial charge in [-0.2, -0.15) is 0 Å². The lowest BCUT2D eigenvalue weighted by atomic mass is 9.90. The van der Waals surface area contributed by atoms with Crippen molar-refractivity contribution in [1.82, 2.24) is 4.72 Å². The van der Waals surface area contributed by atoms with Crippen molar-refractivity contribution < 1.29 is 13.2 Å². The van der Waals surface area contributed by atoms with Crippen LogP contribution in [-0.2, 0) is 14.8 Å². The van der Waals surface area contributed by atoms with E-state index in [-0.39, 0.29) is 17.9 Å². The first-order chi connectivity index (χ1) is 9.98. The van der Waals surface area contributed by atoms with Crippen molar-refractivity contribution in [1.29, 1.82) is 0 Å². The average molecular weight is 330 g/mol. The van der Waals surface area contributed by atoms with E-state index in [0.29, 0.717) is 18.0 Å². The molecule has 5 nitrogen and oxygen atoms in total. The highest BCUT2D eigenvalue weighted by atomic mass is 32.2. The smallest absolute Gasteiger partial charge is 0.212 e. The molecule has 1 aliphatic carbocycles. The Hall–Kier alpha value is -0.760. The average Bonchev–Trinajstić information content (AvgIpc) is 2.36. The first-order valence-electron chi connectivity index (χ1n) is 7.08. The molecule has 1 aromatic carbocycles. The second-order valence-corrected chi connectivity index (χ2v) is 8.15. The van der Waals surface area contributed by atoms with Crippen LogP contribution in [0, 0.1) is 0 Å². The van der Waals surface area contributed by atoms with Gasteiger partial charge in [-0.15, -0.1) is 11.8 Å². The zero-order valence-corrected chi connectivity index (χ0v) is 13.8. The largest absolute Gasteiger partial charge is 0.399 e. The van der Waals surface area contributed by atoms with Crippen LogP contribution in [0.5, 0.6) is 0 Å². The van der Waals surface area contributed by atoms with Crippen molar-refractivity contribution in [2.45, 2.75) is 36.8 Å². The molecular formula is C14H22N2O3S2. The van der Waals surface area contributed by atoms with Gasteiger partial charge in [0.2, 0.25) is 10.0 Å². The van der Waals surface area contributed by atoms with E-state index in [9.17, 15) is 8.42 Å². The molecular weight excluding hydrogens is 308 g/mol. The number of anilines is 1. The summed E-state index contributed by atoms with van der Waals surface area (Å²) in [6.07, 6.45) is 1.76. The number of nitrogen functional groups attached to an aromatic ring is 1. The summed E-state index contributed by atoms with van der Waals surface area (Å²) in [4.78, 5) is 0.991. The van der Waals surface area contributed by atoms with Crippen LogP contribution in [0.25, 0.3) is 0 Å². The van der Waals surface area contributed by atoms with Crippen molar-refractivity contribution in [2.75, 3.05) is 23.8 Å². The van der Waals surface area contributed by atoms with Crippen molar-refractivity contribution in [2.24, 2.45) is 0 Å². The predicted octanol–water partition coefficient (Wildman–Crippen LogP) is 1.85. The fourth-order valence-electron chi connectivity index (χ4n) is 2.22. The van der Waals surface area contributed by atoms with Gasteiger partial charge in [0.1, 0.15) is 0 Å². The van der Waals surface area contributed by atoms with E-state index in [0.717, 1.165) is 17.7 Å². The standard InChI is InChI=1S/C14H22N2O3S2/c1-2-19-13-9-12(10-13)16-21(17,18)7-6-20-14-5-3-4-11(15)8-14/h3-5,8,12-13,16H,2,6-7,9-10,15H2,1H3. The Kier molecular flexibility index (Phi) is 5.92. The number of thioether (sulfide) groups is 1. The summed E-state index contributed by atoms with van der Waals surface area (Å²) in [5.74, 6) is 0.628. The van der Waals surface area contributed by atoms with Crippen LogP contribution < -0.4 is 10.5 Å². The minimum atomic E-state index is -3.22. The van der Waals surface area contributed by atoms with E-state index in [2.05, 4.69) is 4.72 Å². The Morgan fingerprint density at radius 2 is 2.19 bits per heavy atom. The Balaban J connectivity index is 1.70. The van der Waals surface area contributed by atoms with Gasteiger partial charge in [-0.05, 0) is 38.0 Å². The maximum Gasteiger partial charge on any atom is 0.212 e. The van der Waals surface area contributed by atoms with Crippen LogP contribution in [0.1, 0.15) is 19.8 Å². The predicted molar refractivity (Wildman–Crippen MR) is 86.9 cm³/mol. The molecule has 0 radical (unpaired) electrons. The summed E-state index contributed by atoms with van der Waals surface area (Å²) in [5, 5.41) is 0. The van der Waals surface area contributed by atoms with E-state index in [1.165, 1.54) is 11.8 Å². The maximum atomic E-state index is 12.0. The van der Waals surface area contributed by atoms with E-state index >= 15 is 0 Å². The lowest BCUT2D eigenvalue weighted by Crippen LogP contribution is -2.48. The molecule has 1 aromatic rings. The van der Waals surface area contributed by atoms with Gasteiger partial charge in [-0.1, -0.05) is 6.07 Å².